The van der Waals surface area contributed by atoms with Crippen molar-refractivity contribution in [1.82, 2.24) is 24.2 Å². The minimum atomic E-state index is -3.98. The number of nitrogens with zero attached hydrogens (tertiary/aromatic N) is 4. The number of fused-ring (bicyclic) bond motifs is 2. The van der Waals surface area contributed by atoms with Crippen LogP contribution in [0.5, 0.6) is 0 Å². The first kappa shape index (κ1) is 25.0. The molecule has 1 aromatic carbocycles. The summed E-state index contributed by atoms with van der Waals surface area (Å²) in [7, 11) is -2.54. The van der Waals surface area contributed by atoms with Crippen molar-refractivity contribution in [3.8, 4) is 11.3 Å². The maximum Gasteiger partial charge on any atom is 0.332 e. The molecule has 0 amide bonds. The SMILES string of the molecule is CC1=CC2C(Cn3nc4c(c3-c3cccc(S(N)(=O)=O)c3)c(=O)n(C)c(=O)n4CC(C)C)=CNC2C=C1. The lowest BCUT2D eigenvalue weighted by Gasteiger charge is -2.21. The Hall–Kier alpha value is -3.70. The van der Waals surface area contributed by atoms with E-state index in [0.717, 1.165) is 15.7 Å². The Balaban J connectivity index is 1.78. The van der Waals surface area contributed by atoms with Crippen molar-refractivity contribution in [2.75, 3.05) is 0 Å². The molecule has 2 aromatic heterocycles. The van der Waals surface area contributed by atoms with Gasteiger partial charge in [-0.25, -0.2) is 18.4 Å². The maximum absolute atomic E-state index is 13.5. The van der Waals surface area contributed by atoms with Gasteiger partial charge in [-0.3, -0.25) is 18.6 Å². The van der Waals surface area contributed by atoms with Crippen LogP contribution in [0.1, 0.15) is 20.8 Å². The largest absolute Gasteiger partial charge is 0.384 e. The number of benzene rings is 1. The lowest BCUT2D eigenvalue weighted by molar-refractivity contribution is 0.497. The highest BCUT2D eigenvalue weighted by Gasteiger charge is 2.30. The van der Waals surface area contributed by atoms with Crippen LogP contribution in [0, 0.1) is 11.8 Å². The van der Waals surface area contributed by atoms with Gasteiger partial charge in [0.15, 0.2) is 5.65 Å². The Bertz CT molecular complexity index is 1740. The molecule has 0 radical (unpaired) electrons. The molecular formula is C26H30N6O4S. The fourth-order valence-electron chi connectivity index (χ4n) is 5.06. The van der Waals surface area contributed by atoms with Crippen LogP contribution >= 0.6 is 0 Å². The second-order valence-corrected chi connectivity index (χ2v) is 11.7. The predicted octanol–water partition coefficient (Wildman–Crippen LogP) is 1.86. The minimum absolute atomic E-state index is 0.0731. The zero-order chi connectivity index (χ0) is 26.6. The minimum Gasteiger partial charge on any atom is -0.384 e. The number of sulfonamides is 1. The van der Waals surface area contributed by atoms with Crippen LogP contribution in [0.15, 0.2) is 74.3 Å². The molecule has 3 N–H and O–H groups in total. The Morgan fingerprint density at radius 3 is 2.68 bits per heavy atom. The molecule has 3 aromatic rings. The van der Waals surface area contributed by atoms with Crippen LogP contribution < -0.4 is 21.7 Å². The van der Waals surface area contributed by atoms with Crippen LogP contribution in [0.3, 0.4) is 0 Å². The fraction of sp³-hybridized carbons (Fsp3) is 0.346. The van der Waals surface area contributed by atoms with Gasteiger partial charge in [-0.1, -0.05) is 49.8 Å². The van der Waals surface area contributed by atoms with Crippen molar-refractivity contribution in [3.63, 3.8) is 0 Å². The molecule has 0 spiro atoms. The summed E-state index contributed by atoms with van der Waals surface area (Å²) in [5.74, 6) is 0.240. The number of hydrogen-bond acceptors (Lipinski definition) is 6. The van der Waals surface area contributed by atoms with E-state index in [0.29, 0.717) is 24.3 Å². The number of rotatable bonds is 6. The summed E-state index contributed by atoms with van der Waals surface area (Å²) in [6.45, 7) is 6.73. The van der Waals surface area contributed by atoms with E-state index in [-0.39, 0.29) is 33.8 Å². The van der Waals surface area contributed by atoms with E-state index >= 15 is 0 Å². The van der Waals surface area contributed by atoms with Crippen LogP contribution in [-0.2, 0) is 30.2 Å². The highest BCUT2D eigenvalue weighted by molar-refractivity contribution is 7.89. The highest BCUT2D eigenvalue weighted by atomic mass is 32.2. The van der Waals surface area contributed by atoms with E-state index in [1.807, 2.05) is 27.0 Å². The molecule has 11 heteroatoms. The van der Waals surface area contributed by atoms with E-state index in [1.54, 1.807) is 16.8 Å². The zero-order valence-corrected chi connectivity index (χ0v) is 22.0. The van der Waals surface area contributed by atoms with Gasteiger partial charge in [0.25, 0.3) is 5.56 Å². The molecule has 0 saturated carbocycles. The summed E-state index contributed by atoms with van der Waals surface area (Å²) in [6, 6.07) is 6.28. The van der Waals surface area contributed by atoms with E-state index in [9.17, 15) is 18.0 Å². The van der Waals surface area contributed by atoms with Crippen molar-refractivity contribution < 1.29 is 8.42 Å². The van der Waals surface area contributed by atoms with Gasteiger partial charge in [0.1, 0.15) is 5.39 Å². The fourth-order valence-corrected chi connectivity index (χ4v) is 5.62. The second kappa shape index (κ2) is 9.00. The number of allylic oxidation sites excluding steroid dienone is 2. The summed E-state index contributed by atoms with van der Waals surface area (Å²) in [4.78, 5) is 26.5. The highest BCUT2D eigenvalue weighted by Crippen LogP contribution is 2.33. The van der Waals surface area contributed by atoms with Gasteiger partial charge in [-0.05, 0) is 36.7 Å². The number of nitrogens with one attached hydrogen (secondary N) is 1. The third-order valence-electron chi connectivity index (χ3n) is 6.83. The van der Waals surface area contributed by atoms with E-state index in [2.05, 4.69) is 23.5 Å². The second-order valence-electron chi connectivity index (χ2n) is 10.1. The summed E-state index contributed by atoms with van der Waals surface area (Å²) in [5.41, 5.74) is 2.46. The van der Waals surface area contributed by atoms with Gasteiger partial charge < -0.3 is 5.32 Å². The Morgan fingerprint density at radius 1 is 1.22 bits per heavy atom. The summed E-state index contributed by atoms with van der Waals surface area (Å²) in [6.07, 6.45) is 8.35. The number of nitrogens with two attached hydrogens (primary N) is 1. The molecule has 0 fully saturated rings. The first-order valence-corrected chi connectivity index (χ1v) is 13.7. The van der Waals surface area contributed by atoms with Crippen LogP contribution in [0.2, 0.25) is 0 Å². The van der Waals surface area contributed by atoms with Gasteiger partial charge in [-0.2, -0.15) is 5.10 Å². The molecule has 1 aliphatic heterocycles. The molecule has 3 heterocycles. The summed E-state index contributed by atoms with van der Waals surface area (Å²) >= 11 is 0. The lowest BCUT2D eigenvalue weighted by atomic mass is 9.88. The van der Waals surface area contributed by atoms with Gasteiger partial charge >= 0.3 is 5.69 Å². The summed E-state index contributed by atoms with van der Waals surface area (Å²) < 4.78 is 28.5. The van der Waals surface area contributed by atoms with E-state index in [4.69, 9.17) is 10.2 Å². The molecular weight excluding hydrogens is 492 g/mol. The van der Waals surface area contributed by atoms with Crippen LogP contribution in [0.25, 0.3) is 22.3 Å². The quantitative estimate of drug-likeness (QED) is 0.508. The molecule has 1 aliphatic carbocycles. The standard InChI is InChI=1S/C26H30N6O4S/c1-15(2)13-31-24-22(25(33)30(4)26(31)34)23(17-6-5-7-19(11-17)37(27,35)36)32(29-24)14-18-12-28-21-9-8-16(3)10-20(18)21/h5-12,15,20-21,28H,13-14H2,1-4H3,(H2,27,35,36). The van der Waals surface area contributed by atoms with Gasteiger partial charge in [0, 0.05) is 25.1 Å². The number of hydrogen-bond donors (Lipinski definition) is 2. The van der Waals surface area contributed by atoms with Crippen molar-refractivity contribution in [1.29, 1.82) is 0 Å². The molecule has 10 nitrogen and oxygen atoms in total. The van der Waals surface area contributed by atoms with E-state index in [1.165, 1.54) is 23.7 Å². The zero-order valence-electron chi connectivity index (χ0n) is 21.2. The van der Waals surface area contributed by atoms with Crippen molar-refractivity contribution in [2.45, 2.75) is 44.8 Å². The van der Waals surface area contributed by atoms with Crippen LogP contribution in [-0.4, -0.2) is 33.4 Å². The van der Waals surface area contributed by atoms with Crippen molar-refractivity contribution in [3.05, 3.63) is 80.7 Å². The van der Waals surface area contributed by atoms with Crippen molar-refractivity contribution >= 4 is 21.1 Å². The molecule has 2 atom stereocenters. The third-order valence-corrected chi connectivity index (χ3v) is 7.74. The molecule has 5 rings (SSSR count). The number of primary sulfonamides is 1. The Labute approximate surface area is 214 Å². The normalized spacial score (nSPS) is 19.2. The first-order valence-electron chi connectivity index (χ1n) is 12.1. The smallest absolute Gasteiger partial charge is 0.332 e. The van der Waals surface area contributed by atoms with Gasteiger partial charge in [0.05, 0.1) is 23.2 Å². The lowest BCUT2D eigenvalue weighted by Crippen LogP contribution is -2.38. The maximum atomic E-state index is 13.5. The molecule has 2 aliphatic rings. The third kappa shape index (κ3) is 4.38. The van der Waals surface area contributed by atoms with Gasteiger partial charge in [-0.15, -0.1) is 0 Å². The average molecular weight is 523 g/mol. The van der Waals surface area contributed by atoms with Crippen molar-refractivity contribution in [2.24, 2.45) is 24.0 Å². The molecule has 0 bridgehead atoms. The first-order chi connectivity index (χ1) is 17.5. The van der Waals surface area contributed by atoms with E-state index < -0.39 is 21.3 Å². The topological polar surface area (TPSA) is 134 Å². The Kier molecular flexibility index (Phi) is 6.07. The molecule has 0 saturated heterocycles. The Morgan fingerprint density at radius 2 is 1.97 bits per heavy atom. The van der Waals surface area contributed by atoms with Gasteiger partial charge in [0.2, 0.25) is 10.0 Å². The molecule has 2 unspecified atom stereocenters. The predicted molar refractivity (Wildman–Crippen MR) is 142 cm³/mol. The van der Waals surface area contributed by atoms with Crippen LogP contribution in [0.4, 0.5) is 0 Å². The monoisotopic (exact) mass is 522 g/mol. The molecule has 37 heavy (non-hydrogen) atoms. The molecule has 194 valence electrons. The average Bonchev–Trinajstić information content (AvgIpc) is 3.41. The summed E-state index contributed by atoms with van der Waals surface area (Å²) in [5, 5.41) is 13.8. The number of aromatic nitrogens is 4.